The van der Waals surface area contributed by atoms with Gasteiger partial charge in [-0.3, -0.25) is 4.72 Å². The van der Waals surface area contributed by atoms with E-state index in [0.29, 0.717) is 5.82 Å². The molecule has 0 unspecified atom stereocenters. The van der Waals surface area contributed by atoms with E-state index in [2.05, 4.69) is 14.7 Å². The molecule has 3 aromatic rings. The lowest BCUT2D eigenvalue weighted by atomic mass is 10.2. The van der Waals surface area contributed by atoms with Crippen LogP contribution in [0.4, 0.5) is 15.3 Å². The van der Waals surface area contributed by atoms with E-state index in [1.54, 1.807) is 29.3 Å². The number of anilines is 2. The van der Waals surface area contributed by atoms with Crippen LogP contribution in [0.25, 0.3) is 10.4 Å². The summed E-state index contributed by atoms with van der Waals surface area (Å²) in [5.41, 5.74) is 0.765. The van der Waals surface area contributed by atoms with Gasteiger partial charge < -0.3 is 4.90 Å². The Kier molecular flexibility index (Phi) is 4.69. The molecule has 25 heavy (non-hydrogen) atoms. The Labute approximate surface area is 149 Å². The third-order valence-electron chi connectivity index (χ3n) is 3.35. The van der Waals surface area contributed by atoms with E-state index < -0.39 is 10.0 Å². The third-order valence-corrected chi connectivity index (χ3v) is 5.76. The molecular weight excluding hydrogens is 363 g/mol. The van der Waals surface area contributed by atoms with Gasteiger partial charge in [0.2, 0.25) is 0 Å². The smallest absolute Gasteiger partial charge is 0.265 e. The van der Waals surface area contributed by atoms with Crippen molar-refractivity contribution in [3.05, 3.63) is 54.6 Å². The molecule has 1 aromatic carbocycles. The monoisotopic (exact) mass is 378 g/mol. The fourth-order valence-electron chi connectivity index (χ4n) is 2.04. The lowest BCUT2D eigenvalue weighted by Gasteiger charge is -2.11. The molecule has 0 saturated carbocycles. The van der Waals surface area contributed by atoms with Crippen LogP contribution < -0.4 is 9.62 Å². The van der Waals surface area contributed by atoms with E-state index in [-0.39, 0.29) is 15.8 Å². The average Bonchev–Trinajstić information content (AvgIpc) is 3.03. The quantitative estimate of drug-likeness (QED) is 0.738. The summed E-state index contributed by atoms with van der Waals surface area (Å²) in [4.78, 5) is 10.7. The molecule has 1 N–H and O–H groups in total. The van der Waals surface area contributed by atoms with E-state index in [1.165, 1.54) is 35.7 Å². The SMILES string of the molecule is CN(C)c1ccc(S(=O)(=O)Nc2ncc(-c3ccc(F)cc3)s2)cn1. The van der Waals surface area contributed by atoms with Gasteiger partial charge in [0, 0.05) is 26.5 Å². The van der Waals surface area contributed by atoms with Crippen molar-refractivity contribution >= 4 is 32.3 Å². The minimum atomic E-state index is -3.77. The number of hydrogen-bond acceptors (Lipinski definition) is 6. The van der Waals surface area contributed by atoms with Gasteiger partial charge in [-0.1, -0.05) is 23.5 Å². The van der Waals surface area contributed by atoms with Crippen molar-refractivity contribution in [2.24, 2.45) is 0 Å². The number of sulfonamides is 1. The topological polar surface area (TPSA) is 75.2 Å². The van der Waals surface area contributed by atoms with Crippen LogP contribution in [0.5, 0.6) is 0 Å². The molecule has 0 aliphatic heterocycles. The largest absolute Gasteiger partial charge is 0.363 e. The Morgan fingerprint density at radius 3 is 2.36 bits per heavy atom. The zero-order chi connectivity index (χ0) is 18.0. The predicted molar refractivity (Wildman–Crippen MR) is 96.9 cm³/mol. The first kappa shape index (κ1) is 17.3. The summed E-state index contributed by atoms with van der Waals surface area (Å²) in [6.07, 6.45) is 2.84. The molecule has 0 aliphatic carbocycles. The van der Waals surface area contributed by atoms with Gasteiger partial charge in [-0.2, -0.15) is 0 Å². The molecule has 3 rings (SSSR count). The summed E-state index contributed by atoms with van der Waals surface area (Å²) in [6, 6.07) is 9.03. The number of halogens is 1. The normalized spacial score (nSPS) is 11.3. The van der Waals surface area contributed by atoms with Gasteiger partial charge in [0.25, 0.3) is 10.0 Å². The Morgan fingerprint density at radius 1 is 1.04 bits per heavy atom. The summed E-state index contributed by atoms with van der Waals surface area (Å²) in [6.45, 7) is 0. The van der Waals surface area contributed by atoms with Crippen LogP contribution >= 0.6 is 11.3 Å². The molecule has 0 amide bonds. The van der Waals surface area contributed by atoms with E-state index in [4.69, 9.17) is 0 Å². The Hall–Kier alpha value is -2.52. The van der Waals surface area contributed by atoms with Crippen molar-refractivity contribution in [3.63, 3.8) is 0 Å². The lowest BCUT2D eigenvalue weighted by molar-refractivity contribution is 0.600. The van der Waals surface area contributed by atoms with Crippen LogP contribution in [0.2, 0.25) is 0 Å². The highest BCUT2D eigenvalue weighted by Crippen LogP contribution is 2.30. The molecule has 0 fully saturated rings. The summed E-state index contributed by atoms with van der Waals surface area (Å²) in [5.74, 6) is 0.328. The van der Waals surface area contributed by atoms with Crippen LogP contribution in [0.15, 0.2) is 53.7 Å². The van der Waals surface area contributed by atoms with Crippen LogP contribution in [-0.4, -0.2) is 32.5 Å². The van der Waals surface area contributed by atoms with Crippen molar-refractivity contribution < 1.29 is 12.8 Å². The molecule has 2 heterocycles. The zero-order valence-corrected chi connectivity index (χ0v) is 15.1. The molecule has 0 saturated heterocycles. The van der Waals surface area contributed by atoms with Gasteiger partial charge >= 0.3 is 0 Å². The highest BCUT2D eigenvalue weighted by atomic mass is 32.2. The summed E-state index contributed by atoms with van der Waals surface area (Å²) < 4.78 is 40.3. The van der Waals surface area contributed by atoms with Crippen LogP contribution in [0.1, 0.15) is 0 Å². The Balaban J connectivity index is 1.80. The van der Waals surface area contributed by atoms with Gasteiger partial charge in [0.1, 0.15) is 16.5 Å². The number of pyridine rings is 1. The molecule has 0 atom stereocenters. The number of hydrogen-bond donors (Lipinski definition) is 1. The van der Waals surface area contributed by atoms with Gasteiger partial charge in [-0.15, -0.1) is 0 Å². The minimum absolute atomic E-state index is 0.0524. The van der Waals surface area contributed by atoms with Crippen molar-refractivity contribution in [1.29, 1.82) is 0 Å². The number of benzene rings is 1. The van der Waals surface area contributed by atoms with Crippen molar-refractivity contribution in [3.8, 4) is 10.4 Å². The van der Waals surface area contributed by atoms with E-state index in [9.17, 15) is 12.8 Å². The predicted octanol–water partition coefficient (Wildman–Crippen LogP) is 3.21. The molecule has 6 nitrogen and oxygen atoms in total. The highest BCUT2D eigenvalue weighted by Gasteiger charge is 2.17. The Morgan fingerprint density at radius 2 is 1.76 bits per heavy atom. The molecule has 130 valence electrons. The molecule has 0 aliphatic rings. The Bertz CT molecular complexity index is 968. The summed E-state index contributed by atoms with van der Waals surface area (Å²) in [7, 11) is -0.133. The van der Waals surface area contributed by atoms with E-state index in [0.717, 1.165) is 10.4 Å². The van der Waals surface area contributed by atoms with Crippen LogP contribution in [0, 0.1) is 5.82 Å². The summed E-state index contributed by atoms with van der Waals surface area (Å²) in [5, 5.41) is 0.232. The fraction of sp³-hybridized carbons (Fsp3) is 0.125. The van der Waals surface area contributed by atoms with E-state index >= 15 is 0 Å². The first-order valence-electron chi connectivity index (χ1n) is 7.23. The number of nitrogens with zero attached hydrogens (tertiary/aromatic N) is 3. The number of nitrogens with one attached hydrogen (secondary N) is 1. The van der Waals surface area contributed by atoms with Gasteiger partial charge in [0.15, 0.2) is 5.13 Å². The minimum Gasteiger partial charge on any atom is -0.363 e. The van der Waals surface area contributed by atoms with Gasteiger partial charge in [0.05, 0.1) is 4.88 Å². The standard InChI is InChI=1S/C16H15FN4O2S2/c1-21(2)15-8-7-13(9-18-15)25(22,23)20-16-19-10-14(24-16)11-3-5-12(17)6-4-11/h3-10H,1-2H3,(H,19,20). The molecule has 0 spiro atoms. The van der Waals surface area contributed by atoms with Gasteiger partial charge in [-0.05, 0) is 29.8 Å². The second kappa shape index (κ2) is 6.77. The summed E-state index contributed by atoms with van der Waals surface area (Å²) >= 11 is 1.17. The van der Waals surface area contributed by atoms with Crippen LogP contribution in [-0.2, 0) is 10.0 Å². The maximum Gasteiger partial charge on any atom is 0.265 e. The maximum atomic E-state index is 13.0. The van der Waals surface area contributed by atoms with Crippen molar-refractivity contribution in [2.75, 3.05) is 23.7 Å². The molecule has 9 heteroatoms. The van der Waals surface area contributed by atoms with Gasteiger partial charge in [-0.25, -0.2) is 22.8 Å². The highest BCUT2D eigenvalue weighted by molar-refractivity contribution is 7.93. The first-order valence-corrected chi connectivity index (χ1v) is 9.53. The van der Waals surface area contributed by atoms with Crippen molar-refractivity contribution in [1.82, 2.24) is 9.97 Å². The molecule has 0 bridgehead atoms. The maximum absolute atomic E-state index is 13.0. The lowest BCUT2D eigenvalue weighted by Crippen LogP contribution is -2.14. The van der Waals surface area contributed by atoms with Crippen molar-refractivity contribution in [2.45, 2.75) is 4.90 Å². The number of aromatic nitrogens is 2. The zero-order valence-electron chi connectivity index (χ0n) is 13.5. The fourth-order valence-corrected chi connectivity index (χ4v) is 4.05. The third kappa shape index (κ3) is 3.94. The average molecular weight is 378 g/mol. The molecular formula is C16H15FN4O2S2. The number of rotatable bonds is 5. The molecule has 2 aromatic heterocycles. The second-order valence-corrected chi connectivity index (χ2v) is 8.10. The van der Waals surface area contributed by atoms with E-state index in [1.807, 2.05) is 14.1 Å². The molecule has 0 radical (unpaired) electrons. The second-order valence-electron chi connectivity index (χ2n) is 5.39. The first-order chi connectivity index (χ1) is 11.8. The van der Waals surface area contributed by atoms with Crippen LogP contribution in [0.3, 0.4) is 0 Å². The number of thiazole rings is 1.